The number of hydrogen-bond donors (Lipinski definition) is 1. The van der Waals surface area contributed by atoms with Gasteiger partial charge in [-0.3, -0.25) is 9.78 Å². The summed E-state index contributed by atoms with van der Waals surface area (Å²) < 4.78 is 5.45. The van der Waals surface area contributed by atoms with Crippen LogP contribution in [-0.4, -0.2) is 24.1 Å². The minimum Gasteiger partial charge on any atom is -0.381 e. The van der Waals surface area contributed by atoms with Gasteiger partial charge in [0.05, 0.1) is 5.41 Å². The predicted octanol–water partition coefficient (Wildman–Crippen LogP) is 4.08. The van der Waals surface area contributed by atoms with E-state index in [4.69, 9.17) is 27.9 Å². The normalized spacial score (nSPS) is 16.8. The molecule has 1 aliphatic heterocycles. The maximum absolute atomic E-state index is 13.0. The minimum absolute atomic E-state index is 0.0868. The van der Waals surface area contributed by atoms with E-state index in [9.17, 15) is 4.79 Å². The quantitative estimate of drug-likeness (QED) is 0.907. The molecule has 1 N–H and O–H groups in total. The molecule has 0 aliphatic carbocycles. The van der Waals surface area contributed by atoms with E-state index >= 15 is 0 Å². The third-order valence-electron chi connectivity index (χ3n) is 4.17. The number of benzene rings is 1. The molecule has 0 radical (unpaired) electrons. The second kappa shape index (κ2) is 6.87. The van der Waals surface area contributed by atoms with Crippen LogP contribution in [0.4, 0.5) is 5.69 Å². The Labute approximate surface area is 144 Å². The Morgan fingerprint density at radius 3 is 2.48 bits per heavy atom. The van der Waals surface area contributed by atoms with Crippen molar-refractivity contribution in [1.82, 2.24) is 4.98 Å². The third kappa shape index (κ3) is 3.34. The standard InChI is InChI=1S/C17H16Cl2N2O2/c18-12-1-2-14(15(19)11-12)17(5-9-23-10-6-17)16(22)21-13-3-7-20-8-4-13/h1-4,7-8,11H,5-6,9-10H2,(H,20,21,22). The van der Waals surface area contributed by atoms with Crippen LogP contribution < -0.4 is 5.32 Å². The number of nitrogens with zero attached hydrogens (tertiary/aromatic N) is 1. The maximum atomic E-state index is 13.0. The van der Waals surface area contributed by atoms with Crippen molar-refractivity contribution >= 4 is 34.8 Å². The molecule has 1 amide bonds. The summed E-state index contributed by atoms with van der Waals surface area (Å²) in [5.74, 6) is -0.0868. The molecular weight excluding hydrogens is 335 g/mol. The van der Waals surface area contributed by atoms with Crippen molar-refractivity contribution in [3.05, 3.63) is 58.3 Å². The lowest BCUT2D eigenvalue weighted by Gasteiger charge is -2.36. The molecule has 1 saturated heterocycles. The molecule has 2 aromatic rings. The number of anilines is 1. The summed E-state index contributed by atoms with van der Waals surface area (Å²) in [6, 6.07) is 8.79. The Morgan fingerprint density at radius 2 is 1.83 bits per heavy atom. The number of carbonyl (C=O) groups is 1. The van der Waals surface area contributed by atoms with Crippen LogP contribution in [0.25, 0.3) is 0 Å². The van der Waals surface area contributed by atoms with Gasteiger partial charge in [0.15, 0.2) is 0 Å². The Kier molecular flexibility index (Phi) is 4.85. The van der Waals surface area contributed by atoms with Crippen molar-refractivity contribution in [2.75, 3.05) is 18.5 Å². The first kappa shape index (κ1) is 16.2. The van der Waals surface area contributed by atoms with Crippen molar-refractivity contribution in [3.63, 3.8) is 0 Å². The molecule has 1 fully saturated rings. The molecule has 23 heavy (non-hydrogen) atoms. The first-order valence-corrected chi connectivity index (χ1v) is 8.12. The zero-order valence-electron chi connectivity index (χ0n) is 12.4. The van der Waals surface area contributed by atoms with Crippen LogP contribution in [-0.2, 0) is 14.9 Å². The van der Waals surface area contributed by atoms with Gasteiger partial charge in [0.1, 0.15) is 0 Å². The highest BCUT2D eigenvalue weighted by Gasteiger charge is 2.43. The summed E-state index contributed by atoms with van der Waals surface area (Å²) in [5, 5.41) is 4.02. The number of ether oxygens (including phenoxy) is 1. The smallest absolute Gasteiger partial charge is 0.235 e. The first-order chi connectivity index (χ1) is 11.1. The van der Waals surface area contributed by atoms with Gasteiger partial charge >= 0.3 is 0 Å². The SMILES string of the molecule is O=C(Nc1ccncc1)C1(c2ccc(Cl)cc2Cl)CCOCC1. The number of nitrogens with one attached hydrogen (secondary N) is 1. The van der Waals surface area contributed by atoms with Crippen LogP contribution in [0.5, 0.6) is 0 Å². The Bertz CT molecular complexity index is 701. The lowest BCUT2D eigenvalue weighted by Crippen LogP contribution is -2.45. The zero-order chi connectivity index (χ0) is 16.3. The summed E-state index contributed by atoms with van der Waals surface area (Å²) in [7, 11) is 0. The Morgan fingerprint density at radius 1 is 1.13 bits per heavy atom. The van der Waals surface area contributed by atoms with Gasteiger partial charge in [-0.05, 0) is 42.7 Å². The van der Waals surface area contributed by atoms with Crippen LogP contribution in [0.15, 0.2) is 42.7 Å². The number of pyridine rings is 1. The van der Waals surface area contributed by atoms with E-state index in [1.165, 1.54) is 0 Å². The average Bonchev–Trinajstić information content (AvgIpc) is 2.56. The summed E-state index contributed by atoms with van der Waals surface area (Å²) in [6.07, 6.45) is 4.43. The summed E-state index contributed by atoms with van der Waals surface area (Å²) >= 11 is 12.4. The molecule has 1 aromatic carbocycles. The van der Waals surface area contributed by atoms with Crippen LogP contribution in [0, 0.1) is 0 Å². The zero-order valence-corrected chi connectivity index (χ0v) is 13.9. The molecule has 1 aromatic heterocycles. The topological polar surface area (TPSA) is 51.2 Å². The van der Waals surface area contributed by atoms with Crippen molar-refractivity contribution in [2.45, 2.75) is 18.3 Å². The van der Waals surface area contributed by atoms with Gasteiger partial charge in [0, 0.05) is 41.3 Å². The number of aromatic nitrogens is 1. The van der Waals surface area contributed by atoms with Gasteiger partial charge in [-0.2, -0.15) is 0 Å². The average molecular weight is 351 g/mol. The van der Waals surface area contributed by atoms with Crippen molar-refractivity contribution in [2.24, 2.45) is 0 Å². The molecule has 6 heteroatoms. The largest absolute Gasteiger partial charge is 0.381 e. The highest BCUT2D eigenvalue weighted by molar-refractivity contribution is 6.35. The van der Waals surface area contributed by atoms with Crippen LogP contribution in [0.3, 0.4) is 0 Å². The molecule has 2 heterocycles. The van der Waals surface area contributed by atoms with E-state index in [-0.39, 0.29) is 5.91 Å². The fraction of sp³-hybridized carbons (Fsp3) is 0.294. The lowest BCUT2D eigenvalue weighted by molar-refractivity contribution is -0.125. The van der Waals surface area contributed by atoms with E-state index in [1.54, 1.807) is 36.7 Å². The molecular formula is C17H16Cl2N2O2. The van der Waals surface area contributed by atoms with E-state index in [0.717, 1.165) is 5.56 Å². The van der Waals surface area contributed by atoms with Crippen LogP contribution >= 0.6 is 23.2 Å². The molecule has 3 rings (SSSR count). The van der Waals surface area contributed by atoms with Crippen LogP contribution in [0.2, 0.25) is 10.0 Å². The fourth-order valence-corrected chi connectivity index (χ4v) is 3.49. The first-order valence-electron chi connectivity index (χ1n) is 7.36. The van der Waals surface area contributed by atoms with E-state index < -0.39 is 5.41 Å². The number of amides is 1. The van der Waals surface area contributed by atoms with E-state index in [2.05, 4.69) is 10.3 Å². The lowest BCUT2D eigenvalue weighted by atomic mass is 9.73. The second-order valence-electron chi connectivity index (χ2n) is 5.51. The van der Waals surface area contributed by atoms with E-state index in [1.807, 2.05) is 6.07 Å². The molecule has 0 atom stereocenters. The van der Waals surface area contributed by atoms with Gasteiger partial charge in [0.2, 0.25) is 5.91 Å². The van der Waals surface area contributed by atoms with Crippen molar-refractivity contribution < 1.29 is 9.53 Å². The Hall–Kier alpha value is -1.62. The molecule has 0 bridgehead atoms. The number of rotatable bonds is 3. The highest BCUT2D eigenvalue weighted by Crippen LogP contribution is 2.40. The Balaban J connectivity index is 1.97. The monoisotopic (exact) mass is 350 g/mol. The predicted molar refractivity (Wildman–Crippen MR) is 91.1 cm³/mol. The highest BCUT2D eigenvalue weighted by atomic mass is 35.5. The van der Waals surface area contributed by atoms with E-state index in [0.29, 0.717) is 41.8 Å². The third-order valence-corrected chi connectivity index (χ3v) is 4.71. The fourth-order valence-electron chi connectivity index (χ4n) is 2.90. The molecule has 120 valence electrons. The molecule has 0 saturated carbocycles. The molecule has 4 nitrogen and oxygen atoms in total. The molecule has 0 unspecified atom stereocenters. The van der Waals surface area contributed by atoms with Gasteiger partial charge in [-0.25, -0.2) is 0 Å². The van der Waals surface area contributed by atoms with Crippen molar-refractivity contribution in [1.29, 1.82) is 0 Å². The summed E-state index contributed by atoms with van der Waals surface area (Å²) in [6.45, 7) is 1.03. The van der Waals surface area contributed by atoms with Gasteiger partial charge in [-0.15, -0.1) is 0 Å². The van der Waals surface area contributed by atoms with Gasteiger partial charge < -0.3 is 10.1 Å². The van der Waals surface area contributed by atoms with Gasteiger partial charge in [0.25, 0.3) is 0 Å². The summed E-state index contributed by atoms with van der Waals surface area (Å²) in [5.41, 5.74) is 0.780. The number of carbonyl (C=O) groups excluding carboxylic acids is 1. The maximum Gasteiger partial charge on any atom is 0.235 e. The van der Waals surface area contributed by atoms with Gasteiger partial charge in [-0.1, -0.05) is 29.3 Å². The minimum atomic E-state index is -0.719. The molecule has 1 aliphatic rings. The van der Waals surface area contributed by atoms with Crippen molar-refractivity contribution in [3.8, 4) is 0 Å². The second-order valence-corrected chi connectivity index (χ2v) is 6.35. The molecule has 0 spiro atoms. The summed E-state index contributed by atoms with van der Waals surface area (Å²) in [4.78, 5) is 17.0. The van der Waals surface area contributed by atoms with Crippen LogP contribution in [0.1, 0.15) is 18.4 Å². The number of hydrogen-bond acceptors (Lipinski definition) is 3. The number of halogens is 2.